The molecule has 25 heavy (non-hydrogen) atoms. The van der Waals surface area contributed by atoms with Gasteiger partial charge in [-0.1, -0.05) is 18.7 Å². The Hall–Kier alpha value is -1.35. The van der Waals surface area contributed by atoms with Gasteiger partial charge in [-0.15, -0.1) is 0 Å². The number of benzene rings is 1. The molecule has 0 saturated heterocycles. The first-order chi connectivity index (χ1) is 12.0. The van der Waals surface area contributed by atoms with Crippen molar-refractivity contribution in [2.24, 2.45) is 0 Å². The Morgan fingerprint density at radius 1 is 1.36 bits per heavy atom. The smallest absolute Gasteiger partial charge is 0.373 e. The second kappa shape index (κ2) is 9.96. The van der Waals surface area contributed by atoms with E-state index in [2.05, 4.69) is 17.3 Å². The van der Waals surface area contributed by atoms with Crippen molar-refractivity contribution in [1.82, 2.24) is 15.0 Å². The van der Waals surface area contributed by atoms with Crippen LogP contribution in [0.2, 0.25) is 6.82 Å². The molecule has 136 valence electrons. The Labute approximate surface area is 153 Å². The van der Waals surface area contributed by atoms with E-state index in [4.69, 9.17) is 4.74 Å². The zero-order valence-electron chi connectivity index (χ0n) is 15.0. The summed E-state index contributed by atoms with van der Waals surface area (Å²) in [6.07, 6.45) is 0.955. The van der Waals surface area contributed by atoms with Crippen molar-refractivity contribution in [2.75, 3.05) is 13.2 Å². The summed E-state index contributed by atoms with van der Waals surface area (Å²) in [5.41, 5.74) is 1.93. The van der Waals surface area contributed by atoms with E-state index in [0.717, 1.165) is 27.6 Å². The molecule has 0 aliphatic rings. The summed E-state index contributed by atoms with van der Waals surface area (Å²) in [5, 5.41) is 16.9. The van der Waals surface area contributed by atoms with Gasteiger partial charge in [-0.3, -0.25) is 4.68 Å². The van der Waals surface area contributed by atoms with Crippen LogP contribution in [0, 0.1) is 12.7 Å². The highest BCUT2D eigenvalue weighted by molar-refractivity contribution is 7.99. The van der Waals surface area contributed by atoms with Gasteiger partial charge in [0.1, 0.15) is 5.82 Å². The normalized spacial score (nSPS) is 11.1. The number of halogens is 1. The Bertz CT molecular complexity index is 665. The van der Waals surface area contributed by atoms with E-state index >= 15 is 0 Å². The lowest BCUT2D eigenvalue weighted by atomic mass is 9.89. The van der Waals surface area contributed by atoms with E-state index in [1.807, 2.05) is 11.6 Å². The van der Waals surface area contributed by atoms with Crippen molar-refractivity contribution >= 4 is 18.8 Å². The van der Waals surface area contributed by atoms with Gasteiger partial charge in [-0.2, -0.15) is 5.10 Å². The number of aryl methyl sites for hydroxylation is 1. The fourth-order valence-corrected chi connectivity index (χ4v) is 3.36. The summed E-state index contributed by atoms with van der Waals surface area (Å²) < 4.78 is 20.8. The van der Waals surface area contributed by atoms with Crippen molar-refractivity contribution in [3.63, 3.8) is 0 Å². The molecular formula is C17H25BFN3O2S. The first kappa shape index (κ1) is 20.0. The van der Waals surface area contributed by atoms with E-state index < -0.39 is 7.05 Å². The maximum Gasteiger partial charge on any atom is 0.373 e. The Balaban J connectivity index is 2.19. The van der Waals surface area contributed by atoms with Crippen LogP contribution in [0.1, 0.15) is 24.7 Å². The van der Waals surface area contributed by atoms with E-state index in [-0.39, 0.29) is 5.82 Å². The standard InChI is InChI=1S/C17H25BFN3O2S/c1-4-11-24-12-16-17(25-15-7-5-14(19)6-8-15)13(2)21-22(16)10-9-20-18(3)23/h5-8,20,23H,4,9-12H2,1-3H3. The number of aromatic nitrogens is 2. The molecule has 0 amide bonds. The molecule has 2 rings (SSSR count). The van der Waals surface area contributed by atoms with Crippen LogP contribution in [0.4, 0.5) is 4.39 Å². The van der Waals surface area contributed by atoms with E-state index in [9.17, 15) is 9.41 Å². The fraction of sp³-hybridized carbons (Fsp3) is 0.471. The van der Waals surface area contributed by atoms with Crippen LogP contribution in [-0.2, 0) is 17.9 Å². The average Bonchev–Trinajstić information content (AvgIpc) is 2.85. The number of rotatable bonds is 10. The largest absolute Gasteiger partial charge is 0.437 e. The number of hydrogen-bond donors (Lipinski definition) is 2. The van der Waals surface area contributed by atoms with Gasteiger partial charge in [0.15, 0.2) is 0 Å². The third-order valence-corrected chi connectivity index (χ3v) is 4.80. The number of nitrogens with zero attached hydrogens (tertiary/aromatic N) is 2. The first-order valence-corrected chi connectivity index (χ1v) is 9.31. The van der Waals surface area contributed by atoms with Gasteiger partial charge < -0.3 is 15.0 Å². The molecule has 2 aromatic rings. The number of nitrogens with one attached hydrogen (secondary N) is 1. The van der Waals surface area contributed by atoms with Gasteiger partial charge in [0.2, 0.25) is 0 Å². The Kier molecular flexibility index (Phi) is 7.96. The number of hydrogen-bond acceptors (Lipinski definition) is 5. The molecule has 5 nitrogen and oxygen atoms in total. The highest BCUT2D eigenvalue weighted by atomic mass is 32.2. The zero-order valence-corrected chi connectivity index (χ0v) is 15.8. The van der Waals surface area contributed by atoms with Gasteiger partial charge in [0.25, 0.3) is 0 Å². The highest BCUT2D eigenvalue weighted by Crippen LogP contribution is 2.33. The van der Waals surface area contributed by atoms with Crippen molar-refractivity contribution in [3.8, 4) is 0 Å². The van der Waals surface area contributed by atoms with Crippen LogP contribution < -0.4 is 5.23 Å². The van der Waals surface area contributed by atoms with E-state index in [1.165, 1.54) is 12.1 Å². The summed E-state index contributed by atoms with van der Waals surface area (Å²) in [7, 11) is -0.551. The summed E-state index contributed by atoms with van der Waals surface area (Å²) in [6.45, 7) is 8.15. The monoisotopic (exact) mass is 365 g/mol. The molecule has 0 aliphatic heterocycles. The van der Waals surface area contributed by atoms with Crippen LogP contribution in [0.5, 0.6) is 0 Å². The van der Waals surface area contributed by atoms with Crippen molar-refractivity contribution in [3.05, 3.63) is 41.5 Å². The minimum Gasteiger partial charge on any atom is -0.437 e. The van der Waals surface area contributed by atoms with Gasteiger partial charge in [-0.25, -0.2) is 4.39 Å². The molecule has 2 N–H and O–H groups in total. The predicted molar refractivity (Wildman–Crippen MR) is 99.3 cm³/mol. The SMILES string of the molecule is CCCOCc1c(Sc2ccc(F)cc2)c(C)nn1CCNB(C)O. The van der Waals surface area contributed by atoms with Crippen LogP contribution in [-0.4, -0.2) is 35.0 Å². The number of ether oxygens (including phenoxy) is 1. The molecule has 0 bridgehead atoms. The molecule has 0 unspecified atom stereocenters. The molecule has 1 heterocycles. The molecule has 1 aromatic heterocycles. The summed E-state index contributed by atoms with van der Waals surface area (Å²) in [5.74, 6) is -0.243. The zero-order chi connectivity index (χ0) is 18.2. The summed E-state index contributed by atoms with van der Waals surface area (Å²) in [6, 6.07) is 6.45. The molecule has 0 fully saturated rings. The third kappa shape index (κ3) is 6.15. The maximum atomic E-state index is 13.1. The lowest BCUT2D eigenvalue weighted by Gasteiger charge is -2.11. The van der Waals surface area contributed by atoms with E-state index in [0.29, 0.717) is 26.3 Å². The summed E-state index contributed by atoms with van der Waals surface area (Å²) >= 11 is 1.57. The van der Waals surface area contributed by atoms with Gasteiger partial charge in [0, 0.05) is 18.0 Å². The average molecular weight is 365 g/mol. The minimum atomic E-state index is -0.551. The van der Waals surface area contributed by atoms with Crippen molar-refractivity contribution in [2.45, 2.75) is 50.0 Å². The van der Waals surface area contributed by atoms with Crippen molar-refractivity contribution in [1.29, 1.82) is 0 Å². The first-order valence-electron chi connectivity index (χ1n) is 8.50. The second-order valence-corrected chi connectivity index (χ2v) is 6.91. The van der Waals surface area contributed by atoms with E-state index in [1.54, 1.807) is 30.7 Å². The Morgan fingerprint density at radius 3 is 2.72 bits per heavy atom. The van der Waals surface area contributed by atoms with Crippen LogP contribution in [0.25, 0.3) is 0 Å². The lowest BCUT2D eigenvalue weighted by Crippen LogP contribution is -2.33. The molecular weight excluding hydrogens is 340 g/mol. The molecule has 1 aromatic carbocycles. The Morgan fingerprint density at radius 2 is 2.08 bits per heavy atom. The maximum absolute atomic E-state index is 13.1. The topological polar surface area (TPSA) is 59.3 Å². The summed E-state index contributed by atoms with van der Waals surface area (Å²) in [4.78, 5) is 2.00. The van der Waals surface area contributed by atoms with Gasteiger partial charge in [0.05, 0.1) is 29.4 Å². The highest BCUT2D eigenvalue weighted by Gasteiger charge is 2.17. The molecule has 0 spiro atoms. The van der Waals surface area contributed by atoms with Gasteiger partial charge in [-0.05, 0) is 44.4 Å². The van der Waals surface area contributed by atoms with Crippen LogP contribution >= 0.6 is 11.8 Å². The molecule has 0 radical (unpaired) electrons. The second-order valence-electron chi connectivity index (χ2n) is 5.82. The molecule has 0 aliphatic carbocycles. The molecule has 0 atom stereocenters. The lowest BCUT2D eigenvalue weighted by molar-refractivity contribution is 0.114. The minimum absolute atomic E-state index is 0.243. The van der Waals surface area contributed by atoms with Crippen LogP contribution in [0.15, 0.2) is 34.1 Å². The third-order valence-electron chi connectivity index (χ3n) is 3.56. The van der Waals surface area contributed by atoms with Crippen LogP contribution in [0.3, 0.4) is 0 Å². The molecule has 8 heteroatoms. The predicted octanol–water partition coefficient (Wildman–Crippen LogP) is 3.11. The quantitative estimate of drug-likeness (QED) is 0.501. The fourth-order valence-electron chi connectivity index (χ4n) is 2.38. The van der Waals surface area contributed by atoms with Gasteiger partial charge >= 0.3 is 7.05 Å². The molecule has 0 saturated carbocycles. The van der Waals surface area contributed by atoms with Crippen molar-refractivity contribution < 1.29 is 14.2 Å².